The van der Waals surface area contributed by atoms with Crippen LogP contribution >= 0.6 is 0 Å². The van der Waals surface area contributed by atoms with Gasteiger partial charge in [-0.2, -0.15) is 0 Å². The fourth-order valence-corrected chi connectivity index (χ4v) is 1.68. The van der Waals surface area contributed by atoms with Crippen LogP contribution in [0.25, 0.3) is 0 Å². The van der Waals surface area contributed by atoms with Crippen LogP contribution in [0, 0.1) is 0 Å². The minimum absolute atomic E-state index is 0.0910. The molecule has 2 N–H and O–H groups in total. The maximum Gasteiger partial charge on any atom is 0.353 e. The standard InChI is InChI=1S/C9H12N2O2/c1-9(3-2-4-9)8-10-5-6(11-8)7(12)13/h5H,2-4H2,1H3,(H,10,11)(H,12,13). The lowest BCUT2D eigenvalue weighted by Gasteiger charge is -2.36. The zero-order chi connectivity index (χ0) is 9.47. The van der Waals surface area contributed by atoms with Crippen molar-refractivity contribution < 1.29 is 9.90 Å². The van der Waals surface area contributed by atoms with Crippen LogP contribution in [0.15, 0.2) is 6.20 Å². The van der Waals surface area contributed by atoms with Crippen molar-refractivity contribution >= 4 is 5.97 Å². The van der Waals surface area contributed by atoms with Crippen LogP contribution in [0.2, 0.25) is 0 Å². The molecule has 1 aromatic heterocycles. The summed E-state index contributed by atoms with van der Waals surface area (Å²) >= 11 is 0. The molecule has 0 aliphatic heterocycles. The van der Waals surface area contributed by atoms with Gasteiger partial charge in [0.25, 0.3) is 0 Å². The van der Waals surface area contributed by atoms with Gasteiger partial charge in [-0.1, -0.05) is 13.3 Å². The van der Waals surface area contributed by atoms with E-state index in [2.05, 4.69) is 16.9 Å². The van der Waals surface area contributed by atoms with Crippen molar-refractivity contribution in [3.63, 3.8) is 0 Å². The molecule has 0 amide bonds. The van der Waals surface area contributed by atoms with Crippen LogP contribution in [0.5, 0.6) is 0 Å². The molecule has 1 saturated carbocycles. The molecular weight excluding hydrogens is 168 g/mol. The summed E-state index contributed by atoms with van der Waals surface area (Å²) in [4.78, 5) is 17.5. The van der Waals surface area contributed by atoms with Gasteiger partial charge in [0, 0.05) is 5.41 Å². The minimum atomic E-state index is -0.943. The molecule has 1 aliphatic rings. The third-order valence-electron chi connectivity index (χ3n) is 2.84. The molecule has 0 spiro atoms. The van der Waals surface area contributed by atoms with Crippen LogP contribution in [0.1, 0.15) is 42.5 Å². The summed E-state index contributed by atoms with van der Waals surface area (Å²) in [6.07, 6.45) is 4.79. The quantitative estimate of drug-likeness (QED) is 0.725. The average Bonchev–Trinajstić information content (AvgIpc) is 2.48. The highest BCUT2D eigenvalue weighted by Gasteiger charge is 2.36. The first-order chi connectivity index (χ1) is 6.12. The molecule has 4 nitrogen and oxygen atoms in total. The monoisotopic (exact) mass is 180 g/mol. The van der Waals surface area contributed by atoms with Crippen molar-refractivity contribution in [1.29, 1.82) is 0 Å². The molecule has 1 aliphatic carbocycles. The topological polar surface area (TPSA) is 66.0 Å². The predicted molar refractivity (Wildman–Crippen MR) is 46.8 cm³/mol. The molecule has 1 heterocycles. The van der Waals surface area contributed by atoms with Gasteiger partial charge in [-0.05, 0) is 12.8 Å². The Labute approximate surface area is 76.0 Å². The summed E-state index contributed by atoms with van der Waals surface area (Å²) in [6.45, 7) is 2.11. The molecular formula is C9H12N2O2. The predicted octanol–water partition coefficient (Wildman–Crippen LogP) is 1.55. The Bertz CT molecular complexity index is 339. The molecule has 13 heavy (non-hydrogen) atoms. The van der Waals surface area contributed by atoms with Crippen LogP contribution in [0.4, 0.5) is 0 Å². The first-order valence-electron chi connectivity index (χ1n) is 4.41. The highest BCUT2D eigenvalue weighted by molar-refractivity contribution is 5.85. The van der Waals surface area contributed by atoms with Crippen molar-refractivity contribution in [3.05, 3.63) is 17.7 Å². The number of imidazole rings is 1. The molecule has 1 aromatic rings. The van der Waals surface area contributed by atoms with E-state index in [1.54, 1.807) is 0 Å². The van der Waals surface area contributed by atoms with E-state index in [0.717, 1.165) is 18.7 Å². The van der Waals surface area contributed by atoms with Crippen LogP contribution in [0.3, 0.4) is 0 Å². The van der Waals surface area contributed by atoms with Gasteiger partial charge in [0.15, 0.2) is 0 Å². The molecule has 0 unspecified atom stereocenters. The second-order valence-electron chi connectivity index (χ2n) is 3.86. The number of H-pyrrole nitrogens is 1. The van der Waals surface area contributed by atoms with Gasteiger partial charge in [0.2, 0.25) is 0 Å². The molecule has 70 valence electrons. The van der Waals surface area contributed by atoms with Crippen molar-refractivity contribution in [2.45, 2.75) is 31.6 Å². The second-order valence-corrected chi connectivity index (χ2v) is 3.86. The number of carbonyl (C=O) groups is 1. The van der Waals surface area contributed by atoms with E-state index in [4.69, 9.17) is 5.11 Å². The lowest BCUT2D eigenvalue weighted by atomic mass is 9.70. The van der Waals surface area contributed by atoms with Crippen molar-refractivity contribution in [2.24, 2.45) is 0 Å². The van der Waals surface area contributed by atoms with Gasteiger partial charge >= 0.3 is 5.97 Å². The fourth-order valence-electron chi connectivity index (χ4n) is 1.68. The number of nitrogens with one attached hydrogen (secondary N) is 1. The highest BCUT2D eigenvalue weighted by atomic mass is 16.4. The number of hydrogen-bond acceptors (Lipinski definition) is 2. The van der Waals surface area contributed by atoms with Crippen LogP contribution in [-0.2, 0) is 5.41 Å². The van der Waals surface area contributed by atoms with E-state index >= 15 is 0 Å². The zero-order valence-electron chi connectivity index (χ0n) is 7.50. The fraction of sp³-hybridized carbons (Fsp3) is 0.556. The van der Waals surface area contributed by atoms with E-state index in [1.165, 1.54) is 12.6 Å². The number of carboxylic acids is 1. The van der Waals surface area contributed by atoms with Crippen molar-refractivity contribution in [1.82, 2.24) is 9.97 Å². The average molecular weight is 180 g/mol. The molecule has 4 heteroatoms. The van der Waals surface area contributed by atoms with Crippen LogP contribution in [-0.4, -0.2) is 21.0 Å². The van der Waals surface area contributed by atoms with E-state index in [0.29, 0.717) is 0 Å². The van der Waals surface area contributed by atoms with E-state index in [9.17, 15) is 4.79 Å². The Balaban J connectivity index is 2.27. The van der Waals surface area contributed by atoms with E-state index in [-0.39, 0.29) is 11.1 Å². The number of nitrogens with zero attached hydrogens (tertiary/aromatic N) is 1. The third kappa shape index (κ3) is 1.22. The van der Waals surface area contributed by atoms with Crippen molar-refractivity contribution in [3.8, 4) is 0 Å². The number of hydrogen-bond donors (Lipinski definition) is 2. The first kappa shape index (κ1) is 8.29. The number of rotatable bonds is 2. The van der Waals surface area contributed by atoms with Gasteiger partial charge in [0.05, 0.1) is 6.20 Å². The largest absolute Gasteiger partial charge is 0.477 e. The molecule has 0 aromatic carbocycles. The highest BCUT2D eigenvalue weighted by Crippen LogP contribution is 2.41. The SMILES string of the molecule is CC1(c2ncc(C(=O)O)[nH]2)CCC1. The lowest BCUT2D eigenvalue weighted by molar-refractivity contribution is 0.0690. The van der Waals surface area contributed by atoms with Gasteiger partial charge in [-0.25, -0.2) is 9.78 Å². The molecule has 0 bridgehead atoms. The maximum absolute atomic E-state index is 10.6. The van der Waals surface area contributed by atoms with Gasteiger partial charge in [-0.3, -0.25) is 0 Å². The first-order valence-corrected chi connectivity index (χ1v) is 4.41. The third-order valence-corrected chi connectivity index (χ3v) is 2.84. The summed E-state index contributed by atoms with van der Waals surface area (Å²) in [5.74, 6) is -0.127. The molecule has 0 saturated heterocycles. The molecule has 1 fully saturated rings. The zero-order valence-corrected chi connectivity index (χ0v) is 7.50. The summed E-state index contributed by atoms with van der Waals surface area (Å²) in [5.41, 5.74) is 0.274. The van der Waals surface area contributed by atoms with Crippen LogP contribution < -0.4 is 0 Å². The maximum atomic E-state index is 10.6. The Hall–Kier alpha value is -1.32. The summed E-state index contributed by atoms with van der Waals surface area (Å²) in [5, 5.41) is 8.68. The number of aromatic amines is 1. The van der Waals surface area contributed by atoms with Gasteiger partial charge < -0.3 is 10.1 Å². The normalized spacial score (nSPS) is 19.5. The Morgan fingerprint density at radius 3 is 2.77 bits per heavy atom. The number of carboxylic acid groups (broad SMARTS) is 1. The Kier molecular flexibility index (Phi) is 1.65. The summed E-state index contributed by atoms with van der Waals surface area (Å²) in [6, 6.07) is 0. The Morgan fingerprint density at radius 2 is 2.38 bits per heavy atom. The van der Waals surface area contributed by atoms with E-state index in [1.807, 2.05) is 0 Å². The summed E-state index contributed by atoms with van der Waals surface area (Å²) in [7, 11) is 0. The number of aromatic nitrogens is 2. The van der Waals surface area contributed by atoms with Gasteiger partial charge in [-0.15, -0.1) is 0 Å². The Morgan fingerprint density at radius 1 is 1.69 bits per heavy atom. The lowest BCUT2D eigenvalue weighted by Crippen LogP contribution is -2.31. The molecule has 0 atom stereocenters. The molecule has 0 radical (unpaired) electrons. The smallest absolute Gasteiger partial charge is 0.353 e. The van der Waals surface area contributed by atoms with Crippen molar-refractivity contribution in [2.75, 3.05) is 0 Å². The summed E-state index contributed by atoms with van der Waals surface area (Å²) < 4.78 is 0. The minimum Gasteiger partial charge on any atom is -0.477 e. The second kappa shape index (κ2) is 2.58. The molecule has 2 rings (SSSR count). The van der Waals surface area contributed by atoms with E-state index < -0.39 is 5.97 Å². The number of aromatic carboxylic acids is 1. The van der Waals surface area contributed by atoms with Gasteiger partial charge in [0.1, 0.15) is 11.5 Å².